The van der Waals surface area contributed by atoms with Crippen molar-refractivity contribution in [2.75, 3.05) is 0 Å². The van der Waals surface area contributed by atoms with Gasteiger partial charge in [-0.05, 0) is 19.9 Å². The minimum absolute atomic E-state index is 0.0599. The first-order chi connectivity index (χ1) is 11.6. The van der Waals surface area contributed by atoms with Crippen molar-refractivity contribution in [3.63, 3.8) is 0 Å². The van der Waals surface area contributed by atoms with Gasteiger partial charge in [0.25, 0.3) is 5.91 Å². The molecule has 0 aliphatic rings. The number of carbonyl (C=O) groups is 1. The number of alkyl halides is 3. The van der Waals surface area contributed by atoms with E-state index in [0.29, 0.717) is 4.83 Å². The second-order valence-electron chi connectivity index (χ2n) is 5.84. The molecule has 0 saturated heterocycles. The number of hydrogen-bond donors (Lipinski definition) is 1. The van der Waals surface area contributed by atoms with Gasteiger partial charge in [0.05, 0.1) is 16.6 Å². The third-order valence-electron chi connectivity index (χ3n) is 3.87. The van der Waals surface area contributed by atoms with Crippen molar-refractivity contribution >= 4 is 27.5 Å². The SMILES string of the molecule is Cc1nn(C)cc1[C@@H](C)NC(=O)c1cc2c(C(F)(F)F)nn(C)c2s1. The van der Waals surface area contributed by atoms with Crippen molar-refractivity contribution < 1.29 is 18.0 Å². The first kappa shape index (κ1) is 17.5. The highest BCUT2D eigenvalue weighted by Gasteiger charge is 2.37. The van der Waals surface area contributed by atoms with Crippen LogP contribution in [-0.2, 0) is 20.3 Å². The molecule has 10 heteroatoms. The Bertz CT molecular complexity index is 953. The summed E-state index contributed by atoms with van der Waals surface area (Å²) in [5.41, 5.74) is 0.668. The average Bonchev–Trinajstić information content (AvgIpc) is 3.13. The lowest BCUT2D eigenvalue weighted by atomic mass is 10.1. The molecule has 6 nitrogen and oxygen atoms in total. The Morgan fingerprint density at radius 2 is 2.00 bits per heavy atom. The molecule has 0 bridgehead atoms. The topological polar surface area (TPSA) is 64.7 Å². The standard InChI is InChI=1S/C15H16F3N5OS/c1-7(10-6-22(3)20-8(10)2)19-13(24)11-5-9-12(15(16,17)18)21-23(4)14(9)25-11/h5-7H,1-4H3,(H,19,24)/t7-/m1/s1. The zero-order valence-corrected chi connectivity index (χ0v) is 14.8. The van der Waals surface area contributed by atoms with Crippen LogP contribution in [0.25, 0.3) is 10.2 Å². The molecule has 0 aliphatic carbocycles. The number of rotatable bonds is 3. The van der Waals surface area contributed by atoms with Gasteiger partial charge in [-0.2, -0.15) is 23.4 Å². The molecule has 25 heavy (non-hydrogen) atoms. The van der Waals surface area contributed by atoms with Crippen LogP contribution in [0.3, 0.4) is 0 Å². The highest BCUT2D eigenvalue weighted by Crippen LogP contribution is 2.37. The number of nitrogens with one attached hydrogen (secondary N) is 1. The Hall–Kier alpha value is -2.36. The molecular formula is C15H16F3N5OS. The highest BCUT2D eigenvalue weighted by molar-refractivity contribution is 7.20. The first-order valence-corrected chi connectivity index (χ1v) is 8.24. The molecule has 0 spiro atoms. The second-order valence-corrected chi connectivity index (χ2v) is 6.87. The van der Waals surface area contributed by atoms with E-state index in [-0.39, 0.29) is 16.3 Å². The quantitative estimate of drug-likeness (QED) is 0.769. The zero-order valence-electron chi connectivity index (χ0n) is 14.0. The van der Waals surface area contributed by atoms with Crippen LogP contribution >= 0.6 is 11.3 Å². The minimum atomic E-state index is -4.56. The summed E-state index contributed by atoms with van der Waals surface area (Å²) in [6.07, 6.45) is -2.76. The fourth-order valence-corrected chi connectivity index (χ4v) is 3.73. The van der Waals surface area contributed by atoms with Gasteiger partial charge in [-0.15, -0.1) is 11.3 Å². The van der Waals surface area contributed by atoms with Crippen LogP contribution in [0, 0.1) is 6.92 Å². The van der Waals surface area contributed by atoms with Gasteiger partial charge in [-0.1, -0.05) is 0 Å². The number of nitrogens with zero attached hydrogens (tertiary/aromatic N) is 4. The fourth-order valence-electron chi connectivity index (χ4n) is 2.75. The van der Waals surface area contributed by atoms with E-state index < -0.39 is 17.8 Å². The van der Waals surface area contributed by atoms with Crippen LogP contribution in [0.2, 0.25) is 0 Å². The monoisotopic (exact) mass is 371 g/mol. The van der Waals surface area contributed by atoms with E-state index >= 15 is 0 Å². The molecule has 3 aromatic rings. The largest absolute Gasteiger partial charge is 0.435 e. The van der Waals surface area contributed by atoms with Crippen molar-refractivity contribution in [3.05, 3.63) is 34.1 Å². The van der Waals surface area contributed by atoms with Gasteiger partial charge in [0.15, 0.2) is 5.69 Å². The van der Waals surface area contributed by atoms with Gasteiger partial charge in [0.1, 0.15) is 4.83 Å². The van der Waals surface area contributed by atoms with E-state index in [4.69, 9.17) is 0 Å². The van der Waals surface area contributed by atoms with Crippen LogP contribution in [0.1, 0.15) is 39.6 Å². The lowest BCUT2D eigenvalue weighted by molar-refractivity contribution is -0.140. The molecule has 3 rings (SSSR count). The van der Waals surface area contributed by atoms with Crippen LogP contribution in [-0.4, -0.2) is 25.5 Å². The van der Waals surface area contributed by atoms with E-state index in [1.54, 1.807) is 24.9 Å². The van der Waals surface area contributed by atoms with Crippen molar-refractivity contribution in [2.45, 2.75) is 26.1 Å². The summed E-state index contributed by atoms with van der Waals surface area (Å²) < 4.78 is 41.9. The number of halogens is 3. The maximum Gasteiger partial charge on any atom is 0.435 e. The van der Waals surface area contributed by atoms with E-state index in [9.17, 15) is 18.0 Å². The Labute approximate surface area is 145 Å². The van der Waals surface area contributed by atoms with Gasteiger partial charge < -0.3 is 5.32 Å². The second kappa shape index (κ2) is 5.87. The molecule has 1 N–H and O–H groups in total. The number of thiophene rings is 1. The normalized spacial score (nSPS) is 13.4. The van der Waals surface area contributed by atoms with E-state index in [0.717, 1.165) is 27.3 Å². The Morgan fingerprint density at radius 3 is 2.56 bits per heavy atom. The average molecular weight is 371 g/mol. The summed E-state index contributed by atoms with van der Waals surface area (Å²) in [6, 6.07) is 0.931. The molecular weight excluding hydrogens is 355 g/mol. The first-order valence-electron chi connectivity index (χ1n) is 7.42. The van der Waals surface area contributed by atoms with Gasteiger partial charge in [0.2, 0.25) is 0 Å². The maximum absolute atomic E-state index is 13.0. The van der Waals surface area contributed by atoms with Crippen LogP contribution in [0.4, 0.5) is 13.2 Å². The molecule has 1 atom stereocenters. The fraction of sp³-hybridized carbons (Fsp3) is 0.400. The molecule has 0 fully saturated rings. The van der Waals surface area contributed by atoms with Gasteiger partial charge in [-0.25, -0.2) is 0 Å². The number of aryl methyl sites for hydroxylation is 3. The smallest absolute Gasteiger partial charge is 0.345 e. The molecule has 134 valence electrons. The van der Waals surface area contributed by atoms with E-state index in [1.165, 1.54) is 13.1 Å². The van der Waals surface area contributed by atoms with Crippen molar-refractivity contribution in [1.82, 2.24) is 24.9 Å². The third kappa shape index (κ3) is 3.13. The molecule has 0 saturated carbocycles. The summed E-state index contributed by atoms with van der Waals surface area (Å²) in [4.78, 5) is 13.0. The Balaban J connectivity index is 1.89. The highest BCUT2D eigenvalue weighted by atomic mass is 32.1. The maximum atomic E-state index is 13.0. The van der Waals surface area contributed by atoms with Gasteiger partial charge in [0, 0.05) is 31.2 Å². The van der Waals surface area contributed by atoms with Crippen molar-refractivity contribution in [3.8, 4) is 0 Å². The number of amides is 1. The van der Waals surface area contributed by atoms with E-state index in [2.05, 4.69) is 15.5 Å². The van der Waals surface area contributed by atoms with Crippen LogP contribution in [0.15, 0.2) is 12.3 Å². The molecule has 0 radical (unpaired) electrons. The van der Waals surface area contributed by atoms with Gasteiger partial charge in [-0.3, -0.25) is 14.2 Å². The van der Waals surface area contributed by atoms with Crippen LogP contribution < -0.4 is 5.32 Å². The predicted molar refractivity (Wildman–Crippen MR) is 87.4 cm³/mol. The molecule has 0 aromatic carbocycles. The Kier molecular flexibility index (Phi) is 4.10. The Morgan fingerprint density at radius 1 is 1.32 bits per heavy atom. The number of hydrogen-bond acceptors (Lipinski definition) is 4. The van der Waals surface area contributed by atoms with E-state index in [1.807, 2.05) is 6.92 Å². The van der Waals surface area contributed by atoms with Crippen LogP contribution in [0.5, 0.6) is 0 Å². The predicted octanol–water partition coefficient (Wildman–Crippen LogP) is 3.19. The number of aromatic nitrogens is 4. The molecule has 3 heterocycles. The summed E-state index contributed by atoms with van der Waals surface area (Å²) >= 11 is 0.983. The summed E-state index contributed by atoms with van der Waals surface area (Å²) in [7, 11) is 3.21. The zero-order chi connectivity index (χ0) is 18.5. The molecule has 0 aliphatic heterocycles. The van der Waals surface area contributed by atoms with Crippen molar-refractivity contribution in [1.29, 1.82) is 0 Å². The lowest BCUT2D eigenvalue weighted by Crippen LogP contribution is -2.26. The molecule has 1 amide bonds. The number of fused-ring (bicyclic) bond motifs is 1. The summed E-state index contributed by atoms with van der Waals surface area (Å²) in [6.45, 7) is 3.64. The van der Waals surface area contributed by atoms with Crippen molar-refractivity contribution in [2.24, 2.45) is 14.1 Å². The molecule has 0 unspecified atom stereocenters. The minimum Gasteiger partial charge on any atom is -0.345 e. The summed E-state index contributed by atoms with van der Waals surface area (Å²) in [5.74, 6) is -0.426. The number of carbonyl (C=O) groups excluding carboxylic acids is 1. The van der Waals surface area contributed by atoms with Gasteiger partial charge >= 0.3 is 6.18 Å². The lowest BCUT2D eigenvalue weighted by Gasteiger charge is -2.12. The summed E-state index contributed by atoms with van der Waals surface area (Å²) in [5, 5.41) is 10.5. The third-order valence-corrected chi connectivity index (χ3v) is 5.07. The molecule has 3 aromatic heterocycles.